The Hall–Kier alpha value is -2.25. The first-order valence-electron chi connectivity index (χ1n) is 8.63. The fourth-order valence-corrected chi connectivity index (χ4v) is 4.57. The number of nitrogens with zero attached hydrogens (tertiary/aromatic N) is 5. The molecule has 3 aromatic rings. The minimum Gasteiger partial charge on any atom is -0.375 e. The fraction of sp³-hybridized carbons (Fsp3) is 0.389. The molecule has 6 nitrogen and oxygen atoms in total. The number of fused-ring (bicyclic) bond motifs is 2. The summed E-state index contributed by atoms with van der Waals surface area (Å²) in [7, 11) is 0. The molecule has 128 valence electrons. The smallest absolute Gasteiger partial charge is 0.185 e. The summed E-state index contributed by atoms with van der Waals surface area (Å²) in [6, 6.07) is 6.42. The van der Waals surface area contributed by atoms with Gasteiger partial charge in [0.25, 0.3) is 0 Å². The Morgan fingerprint density at radius 3 is 2.84 bits per heavy atom. The Morgan fingerprint density at radius 2 is 1.96 bits per heavy atom. The molecule has 0 unspecified atom stereocenters. The number of thiazole rings is 1. The van der Waals surface area contributed by atoms with Gasteiger partial charge in [-0.2, -0.15) is 0 Å². The Morgan fingerprint density at radius 1 is 1.08 bits per heavy atom. The van der Waals surface area contributed by atoms with Crippen LogP contribution in [0.2, 0.25) is 0 Å². The van der Waals surface area contributed by atoms with Gasteiger partial charge in [0.05, 0.1) is 29.3 Å². The van der Waals surface area contributed by atoms with Crippen molar-refractivity contribution in [2.75, 3.05) is 42.6 Å². The minimum absolute atomic E-state index is 0.728. The van der Waals surface area contributed by atoms with Crippen molar-refractivity contribution in [3.05, 3.63) is 41.3 Å². The maximum Gasteiger partial charge on any atom is 0.185 e. The van der Waals surface area contributed by atoms with Crippen molar-refractivity contribution in [1.29, 1.82) is 0 Å². The average molecular weight is 353 g/mol. The van der Waals surface area contributed by atoms with Gasteiger partial charge in [-0.1, -0.05) is 11.3 Å². The molecule has 5 rings (SSSR count). The number of aromatic nitrogens is 3. The predicted molar refractivity (Wildman–Crippen MR) is 99.4 cm³/mol. The normalized spacial score (nSPS) is 17.8. The third-order valence-electron chi connectivity index (χ3n) is 4.89. The highest BCUT2D eigenvalue weighted by atomic mass is 32.1. The van der Waals surface area contributed by atoms with Crippen LogP contribution in [0.3, 0.4) is 0 Å². The van der Waals surface area contributed by atoms with E-state index < -0.39 is 0 Å². The van der Waals surface area contributed by atoms with Crippen molar-refractivity contribution in [2.45, 2.75) is 13.0 Å². The molecule has 0 radical (unpaired) electrons. The van der Waals surface area contributed by atoms with Crippen molar-refractivity contribution in [3.8, 4) is 0 Å². The zero-order valence-corrected chi connectivity index (χ0v) is 14.7. The van der Waals surface area contributed by atoms with E-state index >= 15 is 0 Å². The van der Waals surface area contributed by atoms with Crippen LogP contribution in [0, 0.1) is 0 Å². The molecular weight excluding hydrogens is 334 g/mol. The van der Waals surface area contributed by atoms with E-state index in [0.717, 1.165) is 61.8 Å². The molecule has 0 aliphatic carbocycles. The zero-order chi connectivity index (χ0) is 16.6. The van der Waals surface area contributed by atoms with Gasteiger partial charge >= 0.3 is 0 Å². The van der Waals surface area contributed by atoms with E-state index in [0.29, 0.717) is 0 Å². The first-order chi connectivity index (χ1) is 12.4. The Balaban J connectivity index is 1.31. The summed E-state index contributed by atoms with van der Waals surface area (Å²) in [5, 5.41) is 2.25. The molecule has 0 atom stereocenters. The van der Waals surface area contributed by atoms with E-state index in [4.69, 9.17) is 9.72 Å². The van der Waals surface area contributed by atoms with Crippen LogP contribution in [0.15, 0.2) is 30.7 Å². The zero-order valence-electron chi connectivity index (χ0n) is 13.9. The molecule has 7 heteroatoms. The number of rotatable bonds is 2. The number of hydrogen-bond acceptors (Lipinski definition) is 7. The third-order valence-corrected chi connectivity index (χ3v) is 6.02. The standard InChI is InChI=1S/C18H19N5OS/c1-2-15-13(10-19-12-20-15)9-14(1)22-4-6-23(7-5-22)18-21-16-3-8-24-11-17(16)25-18/h1-2,9-10,12H,3-8,11H2. The molecule has 25 heavy (non-hydrogen) atoms. The summed E-state index contributed by atoms with van der Waals surface area (Å²) in [5.41, 5.74) is 3.48. The quantitative estimate of drug-likeness (QED) is 0.706. The molecular formula is C18H19N5OS. The van der Waals surface area contributed by atoms with Gasteiger partial charge in [0.15, 0.2) is 5.13 Å². The molecule has 4 heterocycles. The van der Waals surface area contributed by atoms with Crippen LogP contribution in [-0.4, -0.2) is 47.7 Å². The Bertz CT molecular complexity index is 880. The molecule has 1 aromatic carbocycles. The van der Waals surface area contributed by atoms with E-state index in [-0.39, 0.29) is 0 Å². The van der Waals surface area contributed by atoms with Crippen LogP contribution < -0.4 is 9.80 Å². The molecule has 1 fully saturated rings. The number of hydrogen-bond donors (Lipinski definition) is 0. The lowest BCUT2D eigenvalue weighted by atomic mass is 10.2. The Kier molecular flexibility index (Phi) is 3.75. The van der Waals surface area contributed by atoms with Crippen molar-refractivity contribution in [3.63, 3.8) is 0 Å². The van der Waals surface area contributed by atoms with Crippen LogP contribution in [0.5, 0.6) is 0 Å². The molecule has 0 N–H and O–H groups in total. The summed E-state index contributed by atoms with van der Waals surface area (Å²) in [6.45, 7) is 5.52. The van der Waals surface area contributed by atoms with Crippen LogP contribution in [0.4, 0.5) is 10.8 Å². The van der Waals surface area contributed by atoms with Gasteiger partial charge in [0.2, 0.25) is 0 Å². The monoisotopic (exact) mass is 353 g/mol. The Labute approximate surface area is 150 Å². The second-order valence-electron chi connectivity index (χ2n) is 6.41. The summed E-state index contributed by atoms with van der Waals surface area (Å²) < 4.78 is 5.54. The summed E-state index contributed by atoms with van der Waals surface area (Å²) >= 11 is 1.80. The topological polar surface area (TPSA) is 54.4 Å². The van der Waals surface area contributed by atoms with Crippen LogP contribution in [-0.2, 0) is 17.8 Å². The number of benzene rings is 1. The third kappa shape index (κ3) is 2.83. The van der Waals surface area contributed by atoms with Gasteiger partial charge in [-0.3, -0.25) is 0 Å². The fourth-order valence-electron chi connectivity index (χ4n) is 3.47. The molecule has 0 bridgehead atoms. The largest absolute Gasteiger partial charge is 0.375 e. The van der Waals surface area contributed by atoms with Gasteiger partial charge in [-0.05, 0) is 18.2 Å². The van der Waals surface area contributed by atoms with Gasteiger partial charge in [-0.25, -0.2) is 15.0 Å². The molecule has 0 saturated carbocycles. The predicted octanol–water partition coefficient (Wildman–Crippen LogP) is 2.49. The average Bonchev–Trinajstić information content (AvgIpc) is 3.12. The van der Waals surface area contributed by atoms with Gasteiger partial charge in [0, 0.05) is 49.9 Å². The first kappa shape index (κ1) is 15.0. The highest BCUT2D eigenvalue weighted by Crippen LogP contribution is 2.31. The highest BCUT2D eigenvalue weighted by Gasteiger charge is 2.23. The van der Waals surface area contributed by atoms with Gasteiger partial charge in [-0.15, -0.1) is 0 Å². The lowest BCUT2D eigenvalue weighted by molar-refractivity contribution is 0.112. The molecule has 1 saturated heterocycles. The molecule has 2 aromatic heterocycles. The molecule has 2 aliphatic rings. The SMILES string of the molecule is c1ncc2cc(N3CCN(c4nc5c(s4)COCC5)CC3)ccc2n1. The summed E-state index contributed by atoms with van der Waals surface area (Å²) in [6.07, 6.45) is 4.43. The van der Waals surface area contributed by atoms with Crippen LogP contribution in [0.1, 0.15) is 10.6 Å². The van der Waals surface area contributed by atoms with Crippen molar-refractivity contribution in [2.24, 2.45) is 0 Å². The van der Waals surface area contributed by atoms with Gasteiger partial charge < -0.3 is 14.5 Å². The molecule has 0 amide bonds. The summed E-state index contributed by atoms with van der Waals surface area (Å²) in [5.74, 6) is 0. The van der Waals surface area contributed by atoms with E-state index in [1.807, 2.05) is 6.20 Å². The maximum absolute atomic E-state index is 5.54. The second-order valence-corrected chi connectivity index (χ2v) is 7.47. The number of ether oxygens (including phenoxy) is 1. The lowest BCUT2D eigenvalue weighted by Gasteiger charge is -2.36. The van der Waals surface area contributed by atoms with Crippen LogP contribution in [0.25, 0.3) is 10.9 Å². The number of anilines is 2. The van der Waals surface area contributed by atoms with Crippen LogP contribution >= 0.6 is 11.3 Å². The van der Waals surface area contributed by atoms with Gasteiger partial charge in [0.1, 0.15) is 6.33 Å². The second kappa shape index (κ2) is 6.24. The molecule has 2 aliphatic heterocycles. The minimum atomic E-state index is 0.728. The van der Waals surface area contributed by atoms with Crippen molar-refractivity contribution < 1.29 is 4.74 Å². The van der Waals surface area contributed by atoms with Crippen molar-refractivity contribution in [1.82, 2.24) is 15.0 Å². The highest BCUT2D eigenvalue weighted by molar-refractivity contribution is 7.15. The number of piperazine rings is 1. The van der Waals surface area contributed by atoms with E-state index in [9.17, 15) is 0 Å². The summed E-state index contributed by atoms with van der Waals surface area (Å²) in [4.78, 5) is 19.4. The van der Waals surface area contributed by atoms with E-state index in [2.05, 4.69) is 38.0 Å². The van der Waals surface area contributed by atoms with Crippen molar-refractivity contribution >= 4 is 33.1 Å². The lowest BCUT2D eigenvalue weighted by Crippen LogP contribution is -2.46. The first-order valence-corrected chi connectivity index (χ1v) is 9.44. The molecule has 0 spiro atoms. The van der Waals surface area contributed by atoms with E-state index in [1.165, 1.54) is 16.3 Å². The van der Waals surface area contributed by atoms with E-state index in [1.54, 1.807) is 17.7 Å². The maximum atomic E-state index is 5.54.